The third kappa shape index (κ3) is 7.92. The molecule has 1 N–H and O–H groups in total. The van der Waals surface area contributed by atoms with Crippen LogP contribution in [0.2, 0.25) is 0 Å². The highest BCUT2D eigenvalue weighted by Gasteiger charge is 2.13. The summed E-state index contributed by atoms with van der Waals surface area (Å²) in [6.07, 6.45) is 14.0. The lowest BCUT2D eigenvalue weighted by Crippen LogP contribution is -2.38. The highest BCUT2D eigenvalue weighted by molar-refractivity contribution is 5.77. The van der Waals surface area contributed by atoms with E-state index in [-0.39, 0.29) is 12.5 Å². The van der Waals surface area contributed by atoms with E-state index in [1.54, 1.807) is 0 Å². The molecule has 0 saturated heterocycles. The summed E-state index contributed by atoms with van der Waals surface area (Å²) in [5.74, 6) is 0.729. The Morgan fingerprint density at radius 2 is 1.24 bits per heavy atom. The molecule has 0 aromatic heterocycles. The first-order valence-corrected chi connectivity index (χ1v) is 11.4. The Morgan fingerprint density at radius 1 is 0.724 bits per heavy atom. The molecular formula is C26H35NO2. The zero-order valence-corrected chi connectivity index (χ0v) is 17.6. The van der Waals surface area contributed by atoms with Crippen molar-refractivity contribution in [3.8, 4) is 16.9 Å². The van der Waals surface area contributed by atoms with Gasteiger partial charge in [0, 0.05) is 6.04 Å². The van der Waals surface area contributed by atoms with Crippen LogP contribution in [0.5, 0.6) is 5.75 Å². The molecule has 0 radical (unpaired) electrons. The first-order valence-electron chi connectivity index (χ1n) is 11.4. The van der Waals surface area contributed by atoms with Crippen molar-refractivity contribution < 1.29 is 9.53 Å². The van der Waals surface area contributed by atoms with E-state index in [9.17, 15) is 4.79 Å². The van der Waals surface area contributed by atoms with Crippen LogP contribution in [0.4, 0.5) is 0 Å². The van der Waals surface area contributed by atoms with Crippen LogP contribution in [-0.2, 0) is 4.79 Å². The zero-order valence-electron chi connectivity index (χ0n) is 17.6. The van der Waals surface area contributed by atoms with Crippen LogP contribution in [0.25, 0.3) is 11.1 Å². The first kappa shape index (κ1) is 21.4. The molecule has 3 rings (SSSR count). The van der Waals surface area contributed by atoms with Gasteiger partial charge in [-0.05, 0) is 36.1 Å². The van der Waals surface area contributed by atoms with Crippen LogP contribution in [0.3, 0.4) is 0 Å². The molecule has 2 aromatic carbocycles. The van der Waals surface area contributed by atoms with Crippen molar-refractivity contribution in [1.82, 2.24) is 5.32 Å². The lowest BCUT2D eigenvalue weighted by molar-refractivity contribution is -0.123. The lowest BCUT2D eigenvalue weighted by Gasteiger charge is -2.19. The average Bonchev–Trinajstić information content (AvgIpc) is 2.75. The van der Waals surface area contributed by atoms with Gasteiger partial charge in [-0.15, -0.1) is 0 Å². The van der Waals surface area contributed by atoms with E-state index in [4.69, 9.17) is 4.74 Å². The third-order valence-electron chi connectivity index (χ3n) is 5.80. The molecule has 156 valence electrons. The molecule has 0 spiro atoms. The van der Waals surface area contributed by atoms with Crippen molar-refractivity contribution in [2.24, 2.45) is 0 Å². The van der Waals surface area contributed by atoms with E-state index >= 15 is 0 Å². The first-order chi connectivity index (χ1) is 14.3. The van der Waals surface area contributed by atoms with Crippen molar-refractivity contribution in [1.29, 1.82) is 0 Å². The summed E-state index contributed by atoms with van der Waals surface area (Å²) in [7, 11) is 0. The van der Waals surface area contributed by atoms with Gasteiger partial charge in [0.25, 0.3) is 5.91 Å². The quantitative estimate of drug-likeness (QED) is 0.628. The summed E-state index contributed by atoms with van der Waals surface area (Å²) in [6, 6.07) is 18.5. The van der Waals surface area contributed by atoms with Gasteiger partial charge in [-0.1, -0.05) is 100 Å². The van der Waals surface area contributed by atoms with Gasteiger partial charge in [0.15, 0.2) is 6.61 Å². The second-order valence-electron chi connectivity index (χ2n) is 8.20. The van der Waals surface area contributed by atoms with E-state index in [2.05, 4.69) is 17.4 Å². The van der Waals surface area contributed by atoms with Gasteiger partial charge < -0.3 is 10.1 Å². The summed E-state index contributed by atoms with van der Waals surface area (Å²) in [5, 5.41) is 3.21. The average molecular weight is 394 g/mol. The number of nitrogens with one attached hydrogen (secondary N) is 1. The number of benzene rings is 2. The minimum atomic E-state index is -0.00534. The molecule has 0 unspecified atom stereocenters. The molecule has 1 aliphatic rings. The summed E-state index contributed by atoms with van der Waals surface area (Å²) >= 11 is 0. The molecule has 3 heteroatoms. The Kier molecular flexibility index (Phi) is 9.09. The topological polar surface area (TPSA) is 38.3 Å². The number of rotatable bonds is 5. The fourth-order valence-electron chi connectivity index (χ4n) is 4.10. The molecule has 2 aromatic rings. The lowest BCUT2D eigenvalue weighted by atomic mass is 9.98. The van der Waals surface area contributed by atoms with Gasteiger partial charge in [0.1, 0.15) is 5.75 Å². The van der Waals surface area contributed by atoms with E-state index in [1.807, 2.05) is 42.5 Å². The molecule has 1 fully saturated rings. The molecule has 1 saturated carbocycles. The Balaban J connectivity index is 1.44. The third-order valence-corrected chi connectivity index (χ3v) is 5.80. The van der Waals surface area contributed by atoms with E-state index in [1.165, 1.54) is 63.4 Å². The Hall–Kier alpha value is -2.29. The van der Waals surface area contributed by atoms with Crippen LogP contribution in [-0.4, -0.2) is 18.6 Å². The van der Waals surface area contributed by atoms with E-state index < -0.39 is 0 Å². The minimum Gasteiger partial charge on any atom is -0.484 e. The number of carbonyl (C=O) groups is 1. The van der Waals surface area contributed by atoms with Crippen molar-refractivity contribution in [3.05, 3.63) is 54.6 Å². The smallest absolute Gasteiger partial charge is 0.258 e. The zero-order chi connectivity index (χ0) is 20.2. The minimum absolute atomic E-state index is 0.00534. The number of ether oxygens (including phenoxy) is 1. The predicted octanol–water partition coefficient (Wildman–Crippen LogP) is 6.52. The maximum Gasteiger partial charge on any atom is 0.258 e. The molecule has 0 aliphatic heterocycles. The highest BCUT2D eigenvalue weighted by atomic mass is 16.5. The molecule has 0 atom stereocenters. The fourth-order valence-corrected chi connectivity index (χ4v) is 4.10. The van der Waals surface area contributed by atoms with Crippen molar-refractivity contribution in [2.75, 3.05) is 6.61 Å². The summed E-state index contributed by atoms with van der Waals surface area (Å²) in [5.41, 5.74) is 2.33. The van der Waals surface area contributed by atoms with E-state index in [0.29, 0.717) is 6.04 Å². The van der Waals surface area contributed by atoms with Gasteiger partial charge in [-0.3, -0.25) is 4.79 Å². The predicted molar refractivity (Wildman–Crippen MR) is 120 cm³/mol. The van der Waals surface area contributed by atoms with Crippen molar-refractivity contribution in [3.63, 3.8) is 0 Å². The Bertz CT molecular complexity index is 699. The highest BCUT2D eigenvalue weighted by Crippen LogP contribution is 2.22. The molecule has 0 bridgehead atoms. The van der Waals surface area contributed by atoms with E-state index in [0.717, 1.165) is 24.2 Å². The molecule has 1 aliphatic carbocycles. The van der Waals surface area contributed by atoms with Crippen molar-refractivity contribution in [2.45, 2.75) is 76.7 Å². The van der Waals surface area contributed by atoms with Gasteiger partial charge in [0.2, 0.25) is 0 Å². The van der Waals surface area contributed by atoms with Gasteiger partial charge >= 0.3 is 0 Å². The maximum atomic E-state index is 12.4. The molecule has 1 amide bonds. The van der Waals surface area contributed by atoms with Crippen LogP contribution in [0.15, 0.2) is 54.6 Å². The molecule has 0 heterocycles. The van der Waals surface area contributed by atoms with Gasteiger partial charge in [-0.25, -0.2) is 0 Å². The van der Waals surface area contributed by atoms with Crippen LogP contribution < -0.4 is 10.1 Å². The number of carbonyl (C=O) groups excluding carboxylic acids is 1. The monoisotopic (exact) mass is 393 g/mol. The van der Waals surface area contributed by atoms with Crippen LogP contribution >= 0.6 is 0 Å². The standard InChI is InChI=1S/C26H35NO2/c28-26(27-24-15-11-6-4-2-1-3-5-7-12-16-24)21-29-25-19-17-23(18-20-25)22-13-9-8-10-14-22/h8-10,13-14,17-20,24H,1-7,11-12,15-16,21H2,(H,27,28). The number of hydrogen-bond acceptors (Lipinski definition) is 2. The van der Waals surface area contributed by atoms with Crippen LogP contribution in [0, 0.1) is 0 Å². The Morgan fingerprint density at radius 3 is 1.83 bits per heavy atom. The number of hydrogen-bond donors (Lipinski definition) is 1. The molecule has 29 heavy (non-hydrogen) atoms. The summed E-state index contributed by atoms with van der Waals surface area (Å²) < 4.78 is 5.73. The molecule has 3 nitrogen and oxygen atoms in total. The van der Waals surface area contributed by atoms with Gasteiger partial charge in [0.05, 0.1) is 0 Å². The SMILES string of the molecule is O=C(COc1ccc(-c2ccccc2)cc1)NC1CCCCCCCCCCC1. The summed E-state index contributed by atoms with van der Waals surface area (Å²) in [4.78, 5) is 12.4. The second-order valence-corrected chi connectivity index (χ2v) is 8.20. The fraction of sp³-hybridized carbons (Fsp3) is 0.500. The summed E-state index contributed by atoms with van der Waals surface area (Å²) in [6.45, 7) is 0.0845. The van der Waals surface area contributed by atoms with Gasteiger partial charge in [-0.2, -0.15) is 0 Å². The second kappa shape index (κ2) is 12.3. The largest absolute Gasteiger partial charge is 0.484 e. The van der Waals surface area contributed by atoms with Crippen LogP contribution in [0.1, 0.15) is 70.6 Å². The van der Waals surface area contributed by atoms with Crippen molar-refractivity contribution >= 4 is 5.91 Å². The molecular weight excluding hydrogens is 358 g/mol. The Labute approximate surface area is 175 Å². The normalized spacial score (nSPS) is 17.0. The number of amides is 1. The maximum absolute atomic E-state index is 12.4.